The Hall–Kier alpha value is -2.55. The maximum atomic E-state index is 11.0. The van der Waals surface area contributed by atoms with Gasteiger partial charge >= 0.3 is 0 Å². The molecular formula is C22H27NO2. The smallest absolute Gasteiger partial charge is 0.150 e. The molecule has 0 aromatic heterocycles. The quantitative estimate of drug-likeness (QED) is 0.392. The van der Waals surface area contributed by atoms with E-state index < -0.39 is 0 Å². The largest absolute Gasteiger partial charge is 0.496 e. The van der Waals surface area contributed by atoms with E-state index in [-0.39, 0.29) is 0 Å². The molecule has 2 aromatic carbocycles. The molecule has 0 aliphatic heterocycles. The Bertz CT molecular complexity index is 763. The van der Waals surface area contributed by atoms with E-state index in [1.54, 1.807) is 7.11 Å². The van der Waals surface area contributed by atoms with Crippen molar-refractivity contribution in [2.75, 3.05) is 19.0 Å². The van der Waals surface area contributed by atoms with E-state index in [0.29, 0.717) is 0 Å². The maximum absolute atomic E-state index is 11.0. The fraction of sp³-hybridized carbons (Fsp3) is 0.318. The molecule has 0 heterocycles. The number of rotatable bonds is 8. The molecule has 0 bridgehead atoms. The van der Waals surface area contributed by atoms with Crippen LogP contribution >= 0.6 is 0 Å². The van der Waals surface area contributed by atoms with Gasteiger partial charge in [0.25, 0.3) is 0 Å². The van der Waals surface area contributed by atoms with Crippen LogP contribution in [0.2, 0.25) is 0 Å². The topological polar surface area (TPSA) is 38.3 Å². The van der Waals surface area contributed by atoms with Crippen LogP contribution in [0.1, 0.15) is 52.4 Å². The fourth-order valence-corrected chi connectivity index (χ4v) is 2.72. The zero-order valence-electron chi connectivity index (χ0n) is 15.6. The first kappa shape index (κ1) is 18.8. The minimum absolute atomic E-state index is 0.745. The number of hydrogen-bond acceptors (Lipinski definition) is 3. The Balaban J connectivity index is 2.23. The lowest BCUT2D eigenvalue weighted by molar-refractivity contribution is 0.112. The second kappa shape index (κ2) is 9.07. The highest BCUT2D eigenvalue weighted by molar-refractivity contribution is 5.81. The Morgan fingerprint density at radius 3 is 2.36 bits per heavy atom. The van der Waals surface area contributed by atoms with Gasteiger partial charge in [-0.3, -0.25) is 4.79 Å². The summed E-state index contributed by atoms with van der Waals surface area (Å²) >= 11 is 0. The van der Waals surface area contributed by atoms with Gasteiger partial charge in [0.15, 0.2) is 0 Å². The van der Waals surface area contributed by atoms with E-state index in [4.69, 9.17) is 4.74 Å². The molecule has 25 heavy (non-hydrogen) atoms. The van der Waals surface area contributed by atoms with Crippen LogP contribution < -0.4 is 10.1 Å². The monoisotopic (exact) mass is 337 g/mol. The first-order valence-corrected chi connectivity index (χ1v) is 8.75. The summed E-state index contributed by atoms with van der Waals surface area (Å²) in [6.07, 6.45) is 7.35. The Morgan fingerprint density at radius 1 is 1.00 bits per heavy atom. The van der Waals surface area contributed by atoms with Gasteiger partial charge in [0, 0.05) is 29.4 Å². The molecule has 0 saturated carbocycles. The van der Waals surface area contributed by atoms with E-state index in [1.165, 1.54) is 6.42 Å². The number of ether oxygens (including phenoxy) is 1. The molecule has 0 fully saturated rings. The third kappa shape index (κ3) is 4.96. The number of methoxy groups -OCH3 is 1. The Labute approximate surface area is 150 Å². The molecule has 0 aliphatic carbocycles. The second-order valence-corrected chi connectivity index (χ2v) is 6.25. The number of nitrogens with one attached hydrogen (secondary N) is 1. The predicted molar refractivity (Wildman–Crippen MR) is 107 cm³/mol. The highest BCUT2D eigenvalue weighted by Gasteiger charge is 2.04. The molecule has 0 amide bonds. The van der Waals surface area contributed by atoms with Gasteiger partial charge < -0.3 is 10.1 Å². The van der Waals surface area contributed by atoms with Gasteiger partial charge in [-0.1, -0.05) is 31.6 Å². The average molecular weight is 337 g/mol. The number of aryl methyl sites for hydroxylation is 2. The van der Waals surface area contributed by atoms with Gasteiger partial charge in [0.05, 0.1) is 7.11 Å². The summed E-state index contributed by atoms with van der Waals surface area (Å²) in [4.78, 5) is 11.0. The number of carbonyl (C=O) groups excluding carboxylic acids is 1. The van der Waals surface area contributed by atoms with Gasteiger partial charge in [-0.05, 0) is 55.2 Å². The van der Waals surface area contributed by atoms with Gasteiger partial charge in [0.1, 0.15) is 12.0 Å². The van der Waals surface area contributed by atoms with E-state index in [2.05, 4.69) is 36.5 Å². The van der Waals surface area contributed by atoms with Crippen molar-refractivity contribution in [3.05, 3.63) is 58.1 Å². The molecule has 0 spiro atoms. The van der Waals surface area contributed by atoms with Crippen LogP contribution in [0.4, 0.5) is 5.69 Å². The molecule has 0 aliphatic rings. The first-order valence-electron chi connectivity index (χ1n) is 8.75. The summed E-state index contributed by atoms with van der Waals surface area (Å²) < 4.78 is 5.53. The number of hydrogen-bond donors (Lipinski definition) is 1. The highest BCUT2D eigenvalue weighted by atomic mass is 16.5. The molecule has 0 unspecified atom stereocenters. The van der Waals surface area contributed by atoms with Crippen LogP contribution in [-0.2, 0) is 0 Å². The lowest BCUT2D eigenvalue weighted by Crippen LogP contribution is -2.01. The van der Waals surface area contributed by atoms with Crippen molar-refractivity contribution in [2.45, 2.75) is 33.6 Å². The fourth-order valence-electron chi connectivity index (χ4n) is 2.72. The van der Waals surface area contributed by atoms with Gasteiger partial charge in [0.2, 0.25) is 0 Å². The Kier molecular flexibility index (Phi) is 6.81. The molecule has 1 N–H and O–H groups in total. The van der Waals surface area contributed by atoms with E-state index in [9.17, 15) is 4.79 Å². The van der Waals surface area contributed by atoms with Gasteiger partial charge in [-0.25, -0.2) is 0 Å². The zero-order chi connectivity index (χ0) is 18.2. The van der Waals surface area contributed by atoms with Crippen molar-refractivity contribution in [3.8, 4) is 5.75 Å². The van der Waals surface area contributed by atoms with Crippen molar-refractivity contribution >= 4 is 24.1 Å². The lowest BCUT2D eigenvalue weighted by atomic mass is 9.99. The van der Waals surface area contributed by atoms with Crippen LogP contribution in [0.25, 0.3) is 12.2 Å². The SMILES string of the molecule is CCCCNc1ccc(/C=C/c2cc(C)c(C=O)cc2C)c(OC)c1. The third-order valence-electron chi connectivity index (χ3n) is 4.32. The molecule has 2 rings (SSSR count). The average Bonchev–Trinajstić information content (AvgIpc) is 2.62. The number of aldehydes is 1. The molecule has 0 saturated heterocycles. The third-order valence-corrected chi connectivity index (χ3v) is 4.32. The minimum atomic E-state index is 0.745. The van der Waals surface area contributed by atoms with Crippen LogP contribution in [-0.4, -0.2) is 19.9 Å². The molecule has 3 nitrogen and oxygen atoms in total. The molecular weight excluding hydrogens is 310 g/mol. The highest BCUT2D eigenvalue weighted by Crippen LogP contribution is 2.26. The van der Waals surface area contributed by atoms with Crippen LogP contribution in [0, 0.1) is 13.8 Å². The summed E-state index contributed by atoms with van der Waals surface area (Å²) in [6.45, 7) is 7.12. The van der Waals surface area contributed by atoms with Crippen LogP contribution in [0.5, 0.6) is 5.75 Å². The van der Waals surface area contributed by atoms with E-state index >= 15 is 0 Å². The van der Waals surface area contributed by atoms with Gasteiger partial charge in [-0.2, -0.15) is 0 Å². The summed E-state index contributed by atoms with van der Waals surface area (Å²) in [7, 11) is 1.69. The van der Waals surface area contributed by atoms with Crippen molar-refractivity contribution in [1.82, 2.24) is 0 Å². The summed E-state index contributed by atoms with van der Waals surface area (Å²) in [5, 5.41) is 3.41. The van der Waals surface area contributed by atoms with Crippen molar-refractivity contribution in [3.63, 3.8) is 0 Å². The second-order valence-electron chi connectivity index (χ2n) is 6.25. The van der Waals surface area contributed by atoms with Crippen molar-refractivity contribution < 1.29 is 9.53 Å². The van der Waals surface area contributed by atoms with Crippen LogP contribution in [0.15, 0.2) is 30.3 Å². The minimum Gasteiger partial charge on any atom is -0.496 e. The maximum Gasteiger partial charge on any atom is 0.150 e. The number of carbonyl (C=O) groups is 1. The number of unbranched alkanes of at least 4 members (excludes halogenated alkanes) is 1. The summed E-state index contributed by atoms with van der Waals surface area (Å²) in [5.41, 5.74) is 6.03. The molecule has 2 aromatic rings. The number of anilines is 1. The van der Waals surface area contributed by atoms with E-state index in [1.807, 2.05) is 32.0 Å². The van der Waals surface area contributed by atoms with Crippen molar-refractivity contribution in [2.24, 2.45) is 0 Å². The summed E-state index contributed by atoms with van der Waals surface area (Å²) in [5.74, 6) is 0.844. The first-order chi connectivity index (χ1) is 12.1. The van der Waals surface area contributed by atoms with Gasteiger partial charge in [-0.15, -0.1) is 0 Å². The van der Waals surface area contributed by atoms with Crippen LogP contribution in [0.3, 0.4) is 0 Å². The Morgan fingerprint density at radius 2 is 1.68 bits per heavy atom. The van der Waals surface area contributed by atoms with Crippen molar-refractivity contribution in [1.29, 1.82) is 0 Å². The standard InChI is InChI=1S/C22H27NO2/c1-5-6-11-23-21-10-9-18(22(14-21)25-4)7-8-19-12-17(3)20(15-24)13-16(19)2/h7-10,12-15,23H,5-6,11H2,1-4H3/b8-7+. The molecule has 0 atom stereocenters. The van der Waals surface area contributed by atoms with E-state index in [0.717, 1.165) is 58.5 Å². The molecule has 3 heteroatoms. The number of benzene rings is 2. The predicted octanol–water partition coefficient (Wildman–Crippen LogP) is 5.51. The molecule has 132 valence electrons. The zero-order valence-corrected chi connectivity index (χ0v) is 15.6. The lowest BCUT2D eigenvalue weighted by Gasteiger charge is -2.10. The normalized spacial score (nSPS) is 10.9. The summed E-state index contributed by atoms with van der Waals surface area (Å²) in [6, 6.07) is 10.1. The molecule has 0 radical (unpaired) electrons.